The highest BCUT2D eigenvalue weighted by Gasteiger charge is 2.25. The summed E-state index contributed by atoms with van der Waals surface area (Å²) in [4.78, 5) is 11.5. The van der Waals surface area contributed by atoms with Crippen LogP contribution in [0.4, 0.5) is 8.78 Å². The Labute approximate surface area is 85.9 Å². The van der Waals surface area contributed by atoms with Crippen molar-refractivity contribution in [1.29, 1.82) is 0 Å². The van der Waals surface area contributed by atoms with Gasteiger partial charge < -0.3 is 4.74 Å². The lowest BCUT2D eigenvalue weighted by Crippen LogP contribution is -2.14. The molecule has 1 aromatic rings. The van der Waals surface area contributed by atoms with Crippen LogP contribution < -0.4 is 4.74 Å². The Bertz CT molecular complexity index is 427. The molecule has 1 aliphatic carbocycles. The van der Waals surface area contributed by atoms with Crippen LogP contribution in [0.2, 0.25) is 0 Å². The molecule has 0 fully saturated rings. The summed E-state index contributed by atoms with van der Waals surface area (Å²) >= 11 is 0. The summed E-state index contributed by atoms with van der Waals surface area (Å²) in [5.74, 6) is -2.31. The number of ketones is 1. The van der Waals surface area contributed by atoms with Gasteiger partial charge in [-0.3, -0.25) is 4.79 Å². The monoisotopic (exact) mass is 212 g/mol. The molecule has 0 atom stereocenters. The van der Waals surface area contributed by atoms with Gasteiger partial charge in [0.15, 0.2) is 17.3 Å². The molecular formula is C11H10F2O2. The van der Waals surface area contributed by atoms with E-state index in [1.54, 1.807) is 0 Å². The highest BCUT2D eigenvalue weighted by Crippen LogP contribution is 2.31. The van der Waals surface area contributed by atoms with Crippen molar-refractivity contribution in [2.45, 2.75) is 19.3 Å². The van der Waals surface area contributed by atoms with E-state index in [0.717, 1.165) is 0 Å². The Morgan fingerprint density at radius 2 is 2.00 bits per heavy atom. The van der Waals surface area contributed by atoms with Gasteiger partial charge in [-0.1, -0.05) is 0 Å². The molecule has 0 saturated heterocycles. The maximum atomic E-state index is 13.5. The number of fused-ring (bicyclic) bond motifs is 1. The van der Waals surface area contributed by atoms with E-state index >= 15 is 0 Å². The summed E-state index contributed by atoms with van der Waals surface area (Å²) < 4.78 is 31.5. The second-order valence-corrected chi connectivity index (χ2v) is 3.51. The van der Waals surface area contributed by atoms with Crippen LogP contribution in [0.1, 0.15) is 28.8 Å². The third-order valence-electron chi connectivity index (χ3n) is 2.63. The smallest absolute Gasteiger partial charge is 0.200 e. The molecule has 0 aliphatic heterocycles. The zero-order chi connectivity index (χ0) is 11.0. The molecule has 2 rings (SSSR count). The Hall–Kier alpha value is -1.45. The lowest BCUT2D eigenvalue weighted by atomic mass is 9.90. The lowest BCUT2D eigenvalue weighted by molar-refractivity contribution is 0.0970. The van der Waals surface area contributed by atoms with Crippen molar-refractivity contribution in [3.63, 3.8) is 0 Å². The predicted molar refractivity (Wildman–Crippen MR) is 50.2 cm³/mol. The summed E-state index contributed by atoms with van der Waals surface area (Å²) in [5.41, 5.74) is 0.446. The fraction of sp³-hybridized carbons (Fsp3) is 0.364. The van der Waals surface area contributed by atoms with Gasteiger partial charge in [0, 0.05) is 17.5 Å². The fourth-order valence-electron chi connectivity index (χ4n) is 1.84. The van der Waals surface area contributed by atoms with Crippen molar-refractivity contribution < 1.29 is 18.3 Å². The number of ether oxygens (including phenoxy) is 1. The van der Waals surface area contributed by atoms with E-state index in [1.165, 1.54) is 13.2 Å². The Balaban J connectivity index is 2.66. The van der Waals surface area contributed by atoms with Gasteiger partial charge in [-0.15, -0.1) is 0 Å². The van der Waals surface area contributed by atoms with Crippen LogP contribution in [0.5, 0.6) is 5.75 Å². The third kappa shape index (κ3) is 1.50. The first-order valence-electron chi connectivity index (χ1n) is 4.73. The van der Waals surface area contributed by atoms with Crippen LogP contribution in [-0.2, 0) is 6.42 Å². The maximum absolute atomic E-state index is 13.5. The molecule has 0 bridgehead atoms. The molecule has 0 heterocycles. The molecule has 15 heavy (non-hydrogen) atoms. The van der Waals surface area contributed by atoms with Gasteiger partial charge in [-0.25, -0.2) is 4.39 Å². The molecule has 0 amide bonds. The molecule has 0 spiro atoms. The lowest BCUT2D eigenvalue weighted by Gasteiger charge is -2.17. The number of hydrogen-bond donors (Lipinski definition) is 0. The molecular weight excluding hydrogens is 202 g/mol. The standard InChI is InChI=1S/C11H10F2O2/c1-15-9-5-7-6(10(12)11(9)13)3-2-4-8(7)14/h5H,2-4H2,1H3. The average molecular weight is 212 g/mol. The summed E-state index contributed by atoms with van der Waals surface area (Å²) in [6, 6.07) is 1.29. The number of Topliss-reactive ketones (excluding diaryl/α,β-unsaturated/α-hetero) is 1. The summed E-state index contributed by atoms with van der Waals surface area (Å²) in [5, 5.41) is 0. The number of carbonyl (C=O) groups excluding carboxylic acids is 1. The Morgan fingerprint density at radius 3 is 2.67 bits per heavy atom. The van der Waals surface area contributed by atoms with Gasteiger partial charge >= 0.3 is 0 Å². The number of hydrogen-bond acceptors (Lipinski definition) is 2. The van der Waals surface area contributed by atoms with E-state index < -0.39 is 11.6 Å². The van der Waals surface area contributed by atoms with Crippen molar-refractivity contribution in [1.82, 2.24) is 0 Å². The molecule has 1 aromatic carbocycles. The molecule has 2 nitrogen and oxygen atoms in total. The fourth-order valence-corrected chi connectivity index (χ4v) is 1.84. The first-order chi connectivity index (χ1) is 7.15. The number of benzene rings is 1. The van der Waals surface area contributed by atoms with Gasteiger partial charge in [0.1, 0.15) is 0 Å². The Kier molecular flexibility index (Phi) is 2.42. The number of carbonyl (C=O) groups is 1. The topological polar surface area (TPSA) is 26.3 Å². The molecule has 1 aliphatic rings. The van der Waals surface area contributed by atoms with E-state index in [-0.39, 0.29) is 22.7 Å². The van der Waals surface area contributed by atoms with Gasteiger partial charge in [-0.05, 0) is 18.9 Å². The van der Waals surface area contributed by atoms with Crippen LogP contribution in [-0.4, -0.2) is 12.9 Å². The quantitative estimate of drug-likeness (QED) is 0.714. The van der Waals surface area contributed by atoms with Crippen LogP contribution >= 0.6 is 0 Å². The summed E-state index contributed by atoms with van der Waals surface area (Å²) in [7, 11) is 1.25. The summed E-state index contributed by atoms with van der Waals surface area (Å²) in [6.07, 6.45) is 1.38. The second kappa shape index (κ2) is 3.61. The molecule has 4 heteroatoms. The van der Waals surface area contributed by atoms with Crippen molar-refractivity contribution >= 4 is 5.78 Å². The van der Waals surface area contributed by atoms with Crippen molar-refractivity contribution in [3.8, 4) is 5.75 Å². The normalized spacial score (nSPS) is 15.0. The molecule has 80 valence electrons. The predicted octanol–water partition coefficient (Wildman–Crippen LogP) is 2.49. The van der Waals surface area contributed by atoms with E-state index in [0.29, 0.717) is 19.3 Å². The van der Waals surface area contributed by atoms with E-state index in [2.05, 4.69) is 4.74 Å². The SMILES string of the molecule is COc1cc2c(c(F)c1F)CCCC2=O. The molecule has 0 N–H and O–H groups in total. The second-order valence-electron chi connectivity index (χ2n) is 3.51. The number of methoxy groups -OCH3 is 1. The molecule has 0 saturated carbocycles. The minimum atomic E-state index is -1.01. The highest BCUT2D eigenvalue weighted by atomic mass is 19.2. The largest absolute Gasteiger partial charge is 0.494 e. The minimum Gasteiger partial charge on any atom is -0.494 e. The van der Waals surface area contributed by atoms with Crippen molar-refractivity contribution in [2.24, 2.45) is 0 Å². The van der Waals surface area contributed by atoms with Crippen LogP contribution in [0, 0.1) is 11.6 Å². The molecule has 0 radical (unpaired) electrons. The van der Waals surface area contributed by atoms with E-state index in [1.807, 2.05) is 0 Å². The molecule has 0 unspecified atom stereocenters. The number of rotatable bonds is 1. The van der Waals surface area contributed by atoms with Gasteiger partial charge in [0.2, 0.25) is 5.82 Å². The minimum absolute atomic E-state index is 0.145. The van der Waals surface area contributed by atoms with Gasteiger partial charge in [0.25, 0.3) is 0 Å². The first-order valence-corrected chi connectivity index (χ1v) is 4.73. The zero-order valence-corrected chi connectivity index (χ0v) is 8.27. The van der Waals surface area contributed by atoms with E-state index in [4.69, 9.17) is 0 Å². The van der Waals surface area contributed by atoms with Gasteiger partial charge in [-0.2, -0.15) is 4.39 Å². The van der Waals surface area contributed by atoms with Gasteiger partial charge in [0.05, 0.1) is 7.11 Å². The third-order valence-corrected chi connectivity index (χ3v) is 2.63. The first kappa shape index (κ1) is 10.1. The van der Waals surface area contributed by atoms with Crippen molar-refractivity contribution in [3.05, 3.63) is 28.8 Å². The Morgan fingerprint density at radius 1 is 1.27 bits per heavy atom. The van der Waals surface area contributed by atoms with Crippen LogP contribution in [0.25, 0.3) is 0 Å². The molecule has 0 aromatic heterocycles. The van der Waals surface area contributed by atoms with Crippen LogP contribution in [0.3, 0.4) is 0 Å². The average Bonchev–Trinajstić information content (AvgIpc) is 2.24. The van der Waals surface area contributed by atoms with Crippen LogP contribution in [0.15, 0.2) is 6.07 Å². The summed E-state index contributed by atoms with van der Waals surface area (Å²) in [6.45, 7) is 0. The van der Waals surface area contributed by atoms with E-state index in [9.17, 15) is 13.6 Å². The van der Waals surface area contributed by atoms with Crippen molar-refractivity contribution in [2.75, 3.05) is 7.11 Å². The maximum Gasteiger partial charge on any atom is 0.200 e. The number of halogens is 2. The highest BCUT2D eigenvalue weighted by molar-refractivity contribution is 5.98. The zero-order valence-electron chi connectivity index (χ0n) is 8.27.